The van der Waals surface area contributed by atoms with Gasteiger partial charge in [0.25, 0.3) is 0 Å². The molecule has 2 nitrogen and oxygen atoms in total. The number of rotatable bonds is 3. The van der Waals surface area contributed by atoms with Gasteiger partial charge in [-0.1, -0.05) is 35.9 Å². The van der Waals surface area contributed by atoms with Crippen LogP contribution in [0.15, 0.2) is 42.5 Å². The van der Waals surface area contributed by atoms with Crippen molar-refractivity contribution in [3.63, 3.8) is 0 Å². The fraction of sp³-hybridized carbons (Fsp3) is 0.133. The lowest BCUT2D eigenvalue weighted by atomic mass is 9.97. The van der Waals surface area contributed by atoms with E-state index in [1.165, 1.54) is 12.1 Å². The molecule has 1 N–H and O–H groups in total. The molecule has 4 heteroatoms. The highest BCUT2D eigenvalue weighted by Gasteiger charge is 2.15. The van der Waals surface area contributed by atoms with Crippen LogP contribution in [0.25, 0.3) is 11.1 Å². The Kier molecular flexibility index (Phi) is 3.86. The first-order valence-electron chi connectivity index (χ1n) is 5.77. The maximum Gasteiger partial charge on any atom is 0.310 e. The van der Waals surface area contributed by atoms with E-state index in [1.807, 2.05) is 0 Å². The summed E-state index contributed by atoms with van der Waals surface area (Å²) in [5.41, 5.74) is 2.19. The molecule has 0 aromatic heterocycles. The monoisotopic (exact) mass is 278 g/mol. The number of carboxylic acid groups (broad SMARTS) is 1. The van der Waals surface area contributed by atoms with E-state index >= 15 is 0 Å². The van der Waals surface area contributed by atoms with Gasteiger partial charge in [-0.3, -0.25) is 4.79 Å². The largest absolute Gasteiger partial charge is 0.481 e. The number of benzene rings is 2. The van der Waals surface area contributed by atoms with Gasteiger partial charge in [0.2, 0.25) is 0 Å². The van der Waals surface area contributed by atoms with E-state index in [4.69, 9.17) is 16.7 Å². The molecular formula is C15H12ClFO2. The van der Waals surface area contributed by atoms with Gasteiger partial charge in [-0.2, -0.15) is 0 Å². The average molecular weight is 279 g/mol. The van der Waals surface area contributed by atoms with Crippen LogP contribution < -0.4 is 0 Å². The summed E-state index contributed by atoms with van der Waals surface area (Å²) in [6, 6.07) is 11.1. The molecule has 1 unspecified atom stereocenters. The van der Waals surface area contributed by atoms with Crippen LogP contribution >= 0.6 is 11.6 Å². The fourth-order valence-corrected chi connectivity index (χ4v) is 2.10. The summed E-state index contributed by atoms with van der Waals surface area (Å²) in [5, 5.41) is 9.41. The summed E-state index contributed by atoms with van der Waals surface area (Å²) in [5.74, 6) is -1.82. The minimum Gasteiger partial charge on any atom is -0.481 e. The molecule has 0 aliphatic rings. The minimum absolute atomic E-state index is 0.309. The van der Waals surface area contributed by atoms with Crippen LogP contribution in [0.1, 0.15) is 18.4 Å². The van der Waals surface area contributed by atoms with Crippen molar-refractivity contribution in [3.05, 3.63) is 58.9 Å². The number of carbonyl (C=O) groups is 1. The number of hydrogen-bond donors (Lipinski definition) is 1. The molecule has 2 rings (SSSR count). The van der Waals surface area contributed by atoms with Crippen LogP contribution in [0.5, 0.6) is 0 Å². The van der Waals surface area contributed by atoms with Crippen LogP contribution in [-0.4, -0.2) is 11.1 Å². The van der Waals surface area contributed by atoms with E-state index in [0.29, 0.717) is 10.6 Å². The summed E-state index contributed by atoms with van der Waals surface area (Å²) >= 11 is 6.17. The molecule has 0 saturated carbocycles. The van der Waals surface area contributed by atoms with Crippen molar-refractivity contribution in [1.82, 2.24) is 0 Å². The Morgan fingerprint density at radius 2 is 1.84 bits per heavy atom. The molecular weight excluding hydrogens is 267 g/mol. The molecule has 98 valence electrons. The van der Waals surface area contributed by atoms with Crippen molar-refractivity contribution in [1.29, 1.82) is 0 Å². The zero-order chi connectivity index (χ0) is 14.0. The number of halogens is 2. The van der Waals surface area contributed by atoms with E-state index in [2.05, 4.69) is 0 Å². The highest BCUT2D eigenvalue weighted by molar-refractivity contribution is 6.33. The van der Waals surface area contributed by atoms with Gasteiger partial charge in [0.15, 0.2) is 0 Å². The van der Waals surface area contributed by atoms with Gasteiger partial charge in [-0.15, -0.1) is 0 Å². The number of hydrogen-bond acceptors (Lipinski definition) is 1. The molecule has 0 aliphatic heterocycles. The summed E-state index contributed by atoms with van der Waals surface area (Å²) < 4.78 is 12.9. The molecule has 2 aromatic rings. The summed E-state index contributed by atoms with van der Waals surface area (Å²) in [6.45, 7) is 1.60. The molecule has 0 saturated heterocycles. The Labute approximate surface area is 115 Å². The second kappa shape index (κ2) is 5.41. The Bertz CT molecular complexity index is 608. The van der Waals surface area contributed by atoms with E-state index in [9.17, 15) is 9.18 Å². The number of carboxylic acids is 1. The van der Waals surface area contributed by atoms with Crippen LogP contribution in [0.4, 0.5) is 4.39 Å². The predicted octanol–water partition coefficient (Wildman–Crippen LogP) is 4.33. The van der Waals surface area contributed by atoms with Crippen molar-refractivity contribution in [2.75, 3.05) is 0 Å². The van der Waals surface area contributed by atoms with Gasteiger partial charge >= 0.3 is 5.97 Å². The first kappa shape index (κ1) is 13.6. The Hall–Kier alpha value is -1.87. The van der Waals surface area contributed by atoms with E-state index in [1.54, 1.807) is 37.3 Å². The third-order valence-corrected chi connectivity index (χ3v) is 3.33. The predicted molar refractivity (Wildman–Crippen MR) is 72.9 cm³/mol. The van der Waals surface area contributed by atoms with Crippen molar-refractivity contribution in [2.24, 2.45) is 0 Å². The lowest BCUT2D eigenvalue weighted by Gasteiger charge is -2.10. The standard InChI is InChI=1S/C15H12ClFO2/c1-9(15(18)19)11-4-7-13(14(16)8-11)10-2-5-12(17)6-3-10/h2-9H,1H3,(H,18,19). The summed E-state index contributed by atoms with van der Waals surface area (Å²) in [4.78, 5) is 10.9. The normalized spacial score (nSPS) is 12.2. The van der Waals surface area contributed by atoms with Crippen LogP contribution in [-0.2, 0) is 4.79 Å². The molecule has 2 aromatic carbocycles. The van der Waals surface area contributed by atoms with Crippen LogP contribution in [0, 0.1) is 5.82 Å². The second-order valence-electron chi connectivity index (χ2n) is 4.31. The van der Waals surface area contributed by atoms with E-state index in [0.717, 1.165) is 11.1 Å². The van der Waals surface area contributed by atoms with E-state index in [-0.39, 0.29) is 5.82 Å². The lowest BCUT2D eigenvalue weighted by molar-refractivity contribution is -0.138. The van der Waals surface area contributed by atoms with Gasteiger partial charge in [0.1, 0.15) is 5.82 Å². The first-order chi connectivity index (χ1) is 8.99. The average Bonchev–Trinajstić information content (AvgIpc) is 2.39. The van der Waals surface area contributed by atoms with Crippen LogP contribution in [0.2, 0.25) is 5.02 Å². The summed E-state index contributed by atoms with van der Waals surface area (Å²) in [6.07, 6.45) is 0. The highest BCUT2D eigenvalue weighted by Crippen LogP contribution is 2.31. The highest BCUT2D eigenvalue weighted by atomic mass is 35.5. The minimum atomic E-state index is -0.898. The zero-order valence-electron chi connectivity index (χ0n) is 10.2. The molecule has 0 bridgehead atoms. The van der Waals surface area contributed by atoms with Crippen molar-refractivity contribution < 1.29 is 14.3 Å². The van der Waals surface area contributed by atoms with Crippen molar-refractivity contribution in [3.8, 4) is 11.1 Å². The third-order valence-electron chi connectivity index (χ3n) is 3.02. The Morgan fingerprint density at radius 1 is 1.21 bits per heavy atom. The van der Waals surface area contributed by atoms with Gasteiger partial charge in [0.05, 0.1) is 5.92 Å². The first-order valence-corrected chi connectivity index (χ1v) is 6.15. The van der Waals surface area contributed by atoms with Crippen molar-refractivity contribution >= 4 is 17.6 Å². The molecule has 0 heterocycles. The van der Waals surface area contributed by atoms with Gasteiger partial charge in [-0.05, 0) is 36.2 Å². The Morgan fingerprint density at radius 3 is 2.37 bits per heavy atom. The maximum atomic E-state index is 12.9. The SMILES string of the molecule is CC(C(=O)O)c1ccc(-c2ccc(F)cc2)c(Cl)c1. The molecule has 0 fully saturated rings. The van der Waals surface area contributed by atoms with Crippen molar-refractivity contribution in [2.45, 2.75) is 12.8 Å². The third kappa shape index (κ3) is 2.93. The zero-order valence-corrected chi connectivity index (χ0v) is 11.0. The smallest absolute Gasteiger partial charge is 0.310 e. The molecule has 0 spiro atoms. The molecule has 0 radical (unpaired) electrons. The summed E-state index contributed by atoms with van der Waals surface area (Å²) in [7, 11) is 0. The number of aliphatic carboxylic acids is 1. The second-order valence-corrected chi connectivity index (χ2v) is 4.71. The van der Waals surface area contributed by atoms with Gasteiger partial charge in [-0.25, -0.2) is 4.39 Å². The molecule has 19 heavy (non-hydrogen) atoms. The van der Waals surface area contributed by atoms with Gasteiger partial charge in [0, 0.05) is 10.6 Å². The topological polar surface area (TPSA) is 37.3 Å². The maximum absolute atomic E-state index is 12.9. The van der Waals surface area contributed by atoms with E-state index < -0.39 is 11.9 Å². The molecule has 0 aliphatic carbocycles. The fourth-order valence-electron chi connectivity index (χ4n) is 1.81. The van der Waals surface area contributed by atoms with Gasteiger partial charge < -0.3 is 5.11 Å². The van der Waals surface area contributed by atoms with Crippen LogP contribution in [0.3, 0.4) is 0 Å². The Balaban J connectivity index is 2.39. The molecule has 1 atom stereocenters. The quantitative estimate of drug-likeness (QED) is 0.907. The molecule has 0 amide bonds. The lowest BCUT2D eigenvalue weighted by Crippen LogP contribution is -2.07.